The molecular weight excluding hydrogens is 416 g/mol. The largest absolute Gasteiger partial charge is 0.469 e. The number of thiophene rings is 1. The first-order valence-electron chi connectivity index (χ1n) is 9.81. The molecule has 0 saturated heterocycles. The van der Waals surface area contributed by atoms with Crippen molar-refractivity contribution in [1.29, 1.82) is 5.26 Å². The summed E-state index contributed by atoms with van der Waals surface area (Å²) in [6.45, 7) is 0.987. The molecule has 4 heterocycles. The molecule has 1 aliphatic rings. The van der Waals surface area contributed by atoms with Gasteiger partial charge in [-0.05, 0) is 41.8 Å². The van der Waals surface area contributed by atoms with Crippen LogP contribution in [0.4, 0.5) is 9.80 Å². The SMILES string of the molecule is N#Cc1c(NC(=O)CCc2ccco2)sc2c1CCN(C(=O)OCc1ccncc1)C2. The molecule has 4 rings (SSSR count). The second-order valence-corrected chi connectivity index (χ2v) is 8.13. The van der Waals surface area contributed by atoms with Gasteiger partial charge in [0.15, 0.2) is 0 Å². The summed E-state index contributed by atoms with van der Waals surface area (Å²) in [5, 5.41) is 13.0. The minimum atomic E-state index is -0.404. The lowest BCUT2D eigenvalue weighted by atomic mass is 10.0. The fourth-order valence-corrected chi connectivity index (χ4v) is 4.59. The van der Waals surface area contributed by atoms with Crippen LogP contribution in [0.1, 0.15) is 33.7 Å². The third-order valence-corrected chi connectivity index (χ3v) is 6.10. The highest BCUT2D eigenvalue weighted by atomic mass is 32.1. The van der Waals surface area contributed by atoms with Crippen molar-refractivity contribution in [2.45, 2.75) is 32.4 Å². The first-order chi connectivity index (χ1) is 15.1. The summed E-state index contributed by atoms with van der Waals surface area (Å²) in [6, 6.07) is 9.39. The van der Waals surface area contributed by atoms with Gasteiger partial charge in [-0.15, -0.1) is 11.3 Å². The molecule has 2 amide bonds. The number of pyridine rings is 1. The maximum atomic E-state index is 12.5. The Labute approximate surface area is 183 Å². The Hall–Kier alpha value is -3.64. The van der Waals surface area contributed by atoms with Crippen molar-refractivity contribution in [3.63, 3.8) is 0 Å². The van der Waals surface area contributed by atoms with Gasteiger partial charge in [0.1, 0.15) is 23.4 Å². The highest BCUT2D eigenvalue weighted by Gasteiger charge is 2.28. The van der Waals surface area contributed by atoms with E-state index in [9.17, 15) is 14.9 Å². The number of carbonyl (C=O) groups excluding carboxylic acids is 2. The number of aryl methyl sites for hydroxylation is 1. The van der Waals surface area contributed by atoms with Crippen LogP contribution in [0.2, 0.25) is 0 Å². The summed E-state index contributed by atoms with van der Waals surface area (Å²) in [4.78, 5) is 31.3. The zero-order valence-corrected chi connectivity index (χ0v) is 17.5. The van der Waals surface area contributed by atoms with Gasteiger partial charge in [-0.2, -0.15) is 5.26 Å². The molecule has 1 N–H and O–H groups in total. The maximum Gasteiger partial charge on any atom is 0.410 e. The molecule has 0 spiro atoms. The number of ether oxygens (including phenoxy) is 1. The molecule has 1 aliphatic heterocycles. The van der Waals surface area contributed by atoms with Crippen molar-refractivity contribution in [2.75, 3.05) is 11.9 Å². The van der Waals surface area contributed by atoms with E-state index in [1.807, 2.05) is 6.07 Å². The number of nitriles is 1. The molecule has 31 heavy (non-hydrogen) atoms. The van der Waals surface area contributed by atoms with E-state index >= 15 is 0 Å². The Morgan fingerprint density at radius 2 is 2.16 bits per heavy atom. The molecule has 0 aliphatic carbocycles. The van der Waals surface area contributed by atoms with E-state index in [0.29, 0.717) is 36.5 Å². The number of fused-ring (bicyclic) bond motifs is 1. The number of nitrogens with one attached hydrogen (secondary N) is 1. The molecule has 0 aromatic carbocycles. The highest BCUT2D eigenvalue weighted by Crippen LogP contribution is 2.37. The zero-order chi connectivity index (χ0) is 21.6. The van der Waals surface area contributed by atoms with Crippen LogP contribution in [0.5, 0.6) is 0 Å². The first-order valence-corrected chi connectivity index (χ1v) is 10.6. The molecule has 3 aromatic rings. The molecule has 0 bridgehead atoms. The van der Waals surface area contributed by atoms with Gasteiger partial charge in [0, 0.05) is 36.7 Å². The van der Waals surface area contributed by atoms with E-state index < -0.39 is 6.09 Å². The van der Waals surface area contributed by atoms with Crippen molar-refractivity contribution in [3.8, 4) is 6.07 Å². The standard InChI is InChI=1S/C22H20N4O4S/c23-12-18-17-7-10-26(22(28)30-14-15-5-8-24-9-6-15)13-19(17)31-21(18)25-20(27)4-3-16-2-1-11-29-16/h1-2,5-6,8-9,11H,3-4,7,10,13-14H2,(H,25,27). The van der Waals surface area contributed by atoms with Gasteiger partial charge in [-0.3, -0.25) is 9.78 Å². The smallest absolute Gasteiger partial charge is 0.410 e. The molecule has 0 unspecified atom stereocenters. The number of carbonyl (C=O) groups is 2. The fourth-order valence-electron chi connectivity index (χ4n) is 3.36. The molecular formula is C22H20N4O4S. The minimum absolute atomic E-state index is 0.176. The number of aromatic nitrogens is 1. The molecule has 0 fully saturated rings. The Morgan fingerprint density at radius 3 is 2.90 bits per heavy atom. The first kappa shape index (κ1) is 20.6. The quantitative estimate of drug-likeness (QED) is 0.628. The summed E-state index contributed by atoms with van der Waals surface area (Å²) in [6.07, 6.45) is 5.75. The van der Waals surface area contributed by atoms with Gasteiger partial charge >= 0.3 is 6.09 Å². The topological polar surface area (TPSA) is 108 Å². The van der Waals surface area contributed by atoms with Gasteiger partial charge in [0.25, 0.3) is 0 Å². The van der Waals surface area contributed by atoms with Crippen LogP contribution in [-0.4, -0.2) is 28.4 Å². The van der Waals surface area contributed by atoms with Gasteiger partial charge in [0.2, 0.25) is 5.91 Å². The van der Waals surface area contributed by atoms with E-state index in [1.54, 1.807) is 41.8 Å². The maximum absolute atomic E-state index is 12.5. The monoisotopic (exact) mass is 436 g/mol. The predicted molar refractivity (Wildman–Crippen MR) is 113 cm³/mol. The van der Waals surface area contributed by atoms with Crippen LogP contribution in [-0.2, 0) is 35.5 Å². The lowest BCUT2D eigenvalue weighted by molar-refractivity contribution is -0.116. The number of nitrogens with zero attached hydrogens (tertiary/aromatic N) is 3. The van der Waals surface area contributed by atoms with Crippen molar-refractivity contribution in [3.05, 3.63) is 70.3 Å². The molecule has 0 atom stereocenters. The van der Waals surface area contributed by atoms with E-state index in [4.69, 9.17) is 9.15 Å². The van der Waals surface area contributed by atoms with Gasteiger partial charge < -0.3 is 19.4 Å². The number of rotatable bonds is 6. The lowest BCUT2D eigenvalue weighted by Crippen LogP contribution is -2.35. The van der Waals surface area contributed by atoms with E-state index in [2.05, 4.69) is 16.4 Å². The van der Waals surface area contributed by atoms with E-state index in [0.717, 1.165) is 21.8 Å². The van der Waals surface area contributed by atoms with Gasteiger partial charge in [-0.25, -0.2) is 4.79 Å². The molecule has 9 heteroatoms. The third kappa shape index (κ3) is 4.92. The van der Waals surface area contributed by atoms with Crippen molar-refractivity contribution in [1.82, 2.24) is 9.88 Å². The van der Waals surface area contributed by atoms with Crippen LogP contribution >= 0.6 is 11.3 Å². The molecule has 0 radical (unpaired) electrons. The summed E-state index contributed by atoms with van der Waals surface area (Å²) in [7, 11) is 0. The number of hydrogen-bond acceptors (Lipinski definition) is 7. The second kappa shape index (κ2) is 9.45. The molecule has 3 aromatic heterocycles. The average Bonchev–Trinajstić information content (AvgIpc) is 3.43. The van der Waals surface area contributed by atoms with Crippen LogP contribution in [0.3, 0.4) is 0 Å². The van der Waals surface area contributed by atoms with Gasteiger partial charge in [0.05, 0.1) is 18.4 Å². The van der Waals surface area contributed by atoms with Crippen LogP contribution < -0.4 is 5.32 Å². The van der Waals surface area contributed by atoms with E-state index in [-0.39, 0.29) is 18.9 Å². The summed E-state index contributed by atoms with van der Waals surface area (Å²) >= 11 is 1.34. The van der Waals surface area contributed by atoms with Crippen molar-refractivity contribution >= 4 is 28.3 Å². The zero-order valence-electron chi connectivity index (χ0n) is 16.7. The number of furan rings is 1. The van der Waals surface area contributed by atoms with Gasteiger partial charge in [-0.1, -0.05) is 0 Å². The normalized spacial score (nSPS) is 12.7. The third-order valence-electron chi connectivity index (χ3n) is 4.97. The average molecular weight is 436 g/mol. The Bertz CT molecular complexity index is 1100. The highest BCUT2D eigenvalue weighted by molar-refractivity contribution is 7.16. The number of anilines is 1. The minimum Gasteiger partial charge on any atom is -0.469 e. The summed E-state index contributed by atoms with van der Waals surface area (Å²) in [5.41, 5.74) is 2.24. The van der Waals surface area contributed by atoms with Crippen LogP contribution in [0, 0.1) is 11.3 Å². The fraction of sp³-hybridized carbons (Fsp3) is 0.273. The molecule has 8 nitrogen and oxygen atoms in total. The number of amides is 2. The Morgan fingerprint density at radius 1 is 1.32 bits per heavy atom. The van der Waals surface area contributed by atoms with Crippen molar-refractivity contribution < 1.29 is 18.7 Å². The summed E-state index contributed by atoms with van der Waals surface area (Å²) in [5.74, 6) is 0.558. The lowest BCUT2D eigenvalue weighted by Gasteiger charge is -2.26. The van der Waals surface area contributed by atoms with Crippen LogP contribution in [0.25, 0.3) is 0 Å². The summed E-state index contributed by atoms with van der Waals surface area (Å²) < 4.78 is 10.6. The van der Waals surface area contributed by atoms with E-state index in [1.165, 1.54) is 11.3 Å². The van der Waals surface area contributed by atoms with Crippen LogP contribution in [0.15, 0.2) is 47.3 Å². The van der Waals surface area contributed by atoms with Crippen molar-refractivity contribution in [2.24, 2.45) is 0 Å². The Balaban J connectivity index is 1.37. The molecule has 0 saturated carbocycles. The Kier molecular flexibility index (Phi) is 6.29. The molecule has 158 valence electrons. The second-order valence-electron chi connectivity index (χ2n) is 7.03. The number of hydrogen-bond donors (Lipinski definition) is 1. The predicted octanol–water partition coefficient (Wildman–Crippen LogP) is 3.87.